The van der Waals surface area contributed by atoms with Gasteiger partial charge in [-0.25, -0.2) is 0 Å². The number of ether oxygens (including phenoxy) is 1. The Bertz CT molecular complexity index is 734. The average Bonchev–Trinajstić information content (AvgIpc) is 3.00. The monoisotopic (exact) mass is 374 g/mol. The van der Waals surface area contributed by atoms with Crippen LogP contribution in [0.3, 0.4) is 0 Å². The van der Waals surface area contributed by atoms with E-state index in [1.165, 1.54) is 0 Å². The van der Waals surface area contributed by atoms with E-state index in [2.05, 4.69) is 10.2 Å². The fourth-order valence-corrected chi connectivity index (χ4v) is 2.92. The zero-order chi connectivity index (χ0) is 18.4. The molecule has 1 N–H and O–H groups in total. The Balaban J connectivity index is 2.11. The first-order valence-corrected chi connectivity index (χ1v) is 8.37. The highest BCUT2D eigenvalue weighted by Gasteiger charge is 2.27. The van der Waals surface area contributed by atoms with Gasteiger partial charge in [-0.05, 0) is 19.1 Å². The standard InChI is InChI=1S/C15H17F3N4O2S/c1-3-22-13(10-6-4-5-7-11(10)24-2)20-21-14(22)25-8-12(23)19-9-15(16,17)18/h4-7H,3,8-9H2,1-2H3,(H,19,23). The summed E-state index contributed by atoms with van der Waals surface area (Å²) in [4.78, 5) is 11.5. The van der Waals surface area contributed by atoms with Crippen molar-refractivity contribution in [1.82, 2.24) is 20.1 Å². The van der Waals surface area contributed by atoms with Crippen molar-refractivity contribution in [2.45, 2.75) is 24.8 Å². The van der Waals surface area contributed by atoms with Gasteiger partial charge in [0.05, 0.1) is 18.4 Å². The molecular weight excluding hydrogens is 357 g/mol. The number of hydrogen-bond donors (Lipinski definition) is 1. The minimum absolute atomic E-state index is 0.180. The molecular formula is C15H17F3N4O2S. The third-order valence-corrected chi connectivity index (χ3v) is 4.17. The predicted molar refractivity (Wildman–Crippen MR) is 87.5 cm³/mol. The molecule has 1 aromatic heterocycles. The number of benzene rings is 1. The van der Waals surface area contributed by atoms with Crippen molar-refractivity contribution in [3.05, 3.63) is 24.3 Å². The summed E-state index contributed by atoms with van der Waals surface area (Å²) in [6.07, 6.45) is -4.43. The Morgan fingerprint density at radius 2 is 2.04 bits per heavy atom. The Morgan fingerprint density at radius 1 is 1.32 bits per heavy atom. The second kappa shape index (κ2) is 8.24. The third kappa shape index (κ3) is 5.12. The van der Waals surface area contributed by atoms with Crippen molar-refractivity contribution in [2.24, 2.45) is 0 Å². The number of methoxy groups -OCH3 is 1. The SMILES string of the molecule is CCn1c(SCC(=O)NCC(F)(F)F)nnc1-c1ccccc1OC. The van der Waals surface area contributed by atoms with Crippen LogP contribution in [-0.2, 0) is 11.3 Å². The molecule has 0 unspecified atom stereocenters. The van der Waals surface area contributed by atoms with Crippen LogP contribution in [0.2, 0.25) is 0 Å². The molecule has 2 rings (SSSR count). The van der Waals surface area contributed by atoms with Crippen LogP contribution < -0.4 is 10.1 Å². The van der Waals surface area contributed by atoms with Crippen LogP contribution in [0.4, 0.5) is 13.2 Å². The van der Waals surface area contributed by atoms with Gasteiger partial charge in [-0.2, -0.15) is 13.2 Å². The van der Waals surface area contributed by atoms with Crippen molar-refractivity contribution < 1.29 is 22.7 Å². The second-order valence-electron chi connectivity index (χ2n) is 4.93. The zero-order valence-corrected chi connectivity index (χ0v) is 14.4. The lowest BCUT2D eigenvalue weighted by Gasteiger charge is -2.10. The van der Waals surface area contributed by atoms with Crippen molar-refractivity contribution in [1.29, 1.82) is 0 Å². The normalized spacial score (nSPS) is 11.4. The molecule has 6 nitrogen and oxygen atoms in total. The lowest BCUT2D eigenvalue weighted by Crippen LogP contribution is -2.34. The molecule has 0 spiro atoms. The third-order valence-electron chi connectivity index (χ3n) is 3.20. The lowest BCUT2D eigenvalue weighted by molar-refractivity contribution is -0.136. The summed E-state index contributed by atoms with van der Waals surface area (Å²) in [5.41, 5.74) is 0.743. The first-order chi connectivity index (χ1) is 11.9. The molecule has 1 aromatic carbocycles. The highest BCUT2D eigenvalue weighted by atomic mass is 32.2. The molecule has 0 bridgehead atoms. The van der Waals surface area contributed by atoms with Gasteiger partial charge >= 0.3 is 6.18 Å². The Labute approximate surface area is 146 Å². The molecule has 136 valence electrons. The van der Waals surface area contributed by atoms with Gasteiger partial charge in [-0.15, -0.1) is 10.2 Å². The van der Waals surface area contributed by atoms with E-state index in [9.17, 15) is 18.0 Å². The maximum absolute atomic E-state index is 12.1. The summed E-state index contributed by atoms with van der Waals surface area (Å²) in [6.45, 7) is 1.07. The van der Waals surface area contributed by atoms with Gasteiger partial charge in [0, 0.05) is 6.54 Å². The van der Waals surface area contributed by atoms with Crippen LogP contribution in [0.1, 0.15) is 6.92 Å². The average molecular weight is 374 g/mol. The number of carbonyl (C=O) groups is 1. The van der Waals surface area contributed by atoms with Crippen molar-refractivity contribution in [3.8, 4) is 17.1 Å². The van der Waals surface area contributed by atoms with Crippen LogP contribution >= 0.6 is 11.8 Å². The molecule has 0 radical (unpaired) electrons. The molecule has 0 fully saturated rings. The van der Waals surface area contributed by atoms with E-state index in [4.69, 9.17) is 4.74 Å². The van der Waals surface area contributed by atoms with E-state index < -0.39 is 18.6 Å². The van der Waals surface area contributed by atoms with Gasteiger partial charge in [-0.3, -0.25) is 4.79 Å². The quantitative estimate of drug-likeness (QED) is 0.755. The fourth-order valence-electron chi connectivity index (χ4n) is 2.09. The van der Waals surface area contributed by atoms with E-state index >= 15 is 0 Å². The summed E-state index contributed by atoms with van der Waals surface area (Å²) >= 11 is 1.03. The fraction of sp³-hybridized carbons (Fsp3) is 0.400. The van der Waals surface area contributed by atoms with Crippen LogP contribution in [0.25, 0.3) is 11.4 Å². The molecule has 25 heavy (non-hydrogen) atoms. The van der Waals surface area contributed by atoms with Crippen molar-refractivity contribution >= 4 is 17.7 Å². The highest BCUT2D eigenvalue weighted by molar-refractivity contribution is 7.99. The van der Waals surface area contributed by atoms with Crippen LogP contribution in [0.5, 0.6) is 5.75 Å². The van der Waals surface area contributed by atoms with E-state index in [1.54, 1.807) is 17.7 Å². The highest BCUT2D eigenvalue weighted by Crippen LogP contribution is 2.30. The lowest BCUT2D eigenvalue weighted by atomic mass is 10.2. The molecule has 0 saturated heterocycles. The first-order valence-electron chi connectivity index (χ1n) is 7.38. The van der Waals surface area contributed by atoms with Crippen molar-refractivity contribution in [3.63, 3.8) is 0 Å². The number of halogens is 3. The van der Waals surface area contributed by atoms with Gasteiger partial charge in [-0.1, -0.05) is 23.9 Å². The maximum Gasteiger partial charge on any atom is 0.405 e. The number of rotatable bonds is 7. The van der Waals surface area contributed by atoms with Gasteiger partial charge in [0.2, 0.25) is 5.91 Å². The molecule has 0 atom stereocenters. The minimum atomic E-state index is -4.43. The number of nitrogens with one attached hydrogen (secondary N) is 1. The van der Waals surface area contributed by atoms with Gasteiger partial charge < -0.3 is 14.6 Å². The topological polar surface area (TPSA) is 69.0 Å². The second-order valence-corrected chi connectivity index (χ2v) is 5.87. The molecule has 2 aromatic rings. The molecule has 1 heterocycles. The minimum Gasteiger partial charge on any atom is -0.496 e. The Kier molecular flexibility index (Phi) is 6.29. The van der Waals surface area contributed by atoms with Gasteiger partial charge in [0.25, 0.3) is 0 Å². The van der Waals surface area contributed by atoms with Gasteiger partial charge in [0.1, 0.15) is 12.3 Å². The van der Waals surface area contributed by atoms with E-state index in [1.807, 2.05) is 30.4 Å². The Hall–Kier alpha value is -2.23. The molecule has 0 aliphatic carbocycles. The Morgan fingerprint density at radius 3 is 2.68 bits per heavy atom. The molecule has 0 aliphatic heterocycles. The number of amides is 1. The summed E-state index contributed by atoms with van der Waals surface area (Å²) in [6, 6.07) is 7.29. The number of alkyl halides is 3. The maximum atomic E-state index is 12.1. The number of thioether (sulfide) groups is 1. The predicted octanol–water partition coefficient (Wildman–Crippen LogP) is 2.74. The van der Waals surface area contributed by atoms with Crippen LogP contribution in [-0.4, -0.2) is 46.3 Å². The number of nitrogens with zero attached hydrogens (tertiary/aromatic N) is 3. The van der Waals surface area contributed by atoms with E-state index in [0.29, 0.717) is 23.3 Å². The van der Waals surface area contributed by atoms with Crippen LogP contribution in [0, 0.1) is 0 Å². The van der Waals surface area contributed by atoms with Gasteiger partial charge in [0.15, 0.2) is 11.0 Å². The van der Waals surface area contributed by atoms with Crippen LogP contribution in [0.15, 0.2) is 29.4 Å². The molecule has 1 amide bonds. The number of hydrogen-bond acceptors (Lipinski definition) is 5. The number of para-hydroxylation sites is 1. The largest absolute Gasteiger partial charge is 0.496 e. The van der Waals surface area contributed by atoms with E-state index in [-0.39, 0.29) is 5.75 Å². The molecule has 10 heteroatoms. The van der Waals surface area contributed by atoms with E-state index in [0.717, 1.165) is 17.3 Å². The summed E-state index contributed by atoms with van der Waals surface area (Å²) in [5, 5.41) is 10.4. The van der Waals surface area contributed by atoms with Crippen molar-refractivity contribution in [2.75, 3.05) is 19.4 Å². The zero-order valence-electron chi connectivity index (χ0n) is 13.6. The molecule has 0 aliphatic rings. The number of aromatic nitrogens is 3. The first kappa shape index (κ1) is 19.1. The summed E-state index contributed by atoms with van der Waals surface area (Å²) in [7, 11) is 1.55. The number of carbonyl (C=O) groups excluding carboxylic acids is 1. The smallest absolute Gasteiger partial charge is 0.405 e. The summed E-state index contributed by atoms with van der Waals surface area (Å²) < 4.78 is 43.4. The molecule has 0 saturated carbocycles. The summed E-state index contributed by atoms with van der Waals surface area (Å²) in [5.74, 6) is 0.300.